The topological polar surface area (TPSA) is 77.2 Å². The van der Waals surface area contributed by atoms with Gasteiger partial charge in [0.25, 0.3) is 0 Å². The van der Waals surface area contributed by atoms with Gasteiger partial charge in [-0.2, -0.15) is 0 Å². The molecule has 2 aromatic rings. The third kappa shape index (κ3) is 3.98. The van der Waals surface area contributed by atoms with Gasteiger partial charge >= 0.3 is 6.03 Å². The van der Waals surface area contributed by atoms with Gasteiger partial charge in [0.1, 0.15) is 5.82 Å². The zero-order valence-electron chi connectivity index (χ0n) is 15.1. The highest BCUT2D eigenvalue weighted by atomic mass is 19.1. The Labute approximate surface area is 152 Å². The largest absolute Gasteiger partial charge is 0.361 e. The highest BCUT2D eigenvalue weighted by Crippen LogP contribution is 2.26. The van der Waals surface area contributed by atoms with Crippen LogP contribution in [0.2, 0.25) is 0 Å². The van der Waals surface area contributed by atoms with Crippen LogP contribution in [-0.4, -0.2) is 41.0 Å². The van der Waals surface area contributed by atoms with Crippen molar-refractivity contribution in [2.45, 2.75) is 45.2 Å². The molecule has 1 unspecified atom stereocenters. The van der Waals surface area contributed by atoms with E-state index >= 15 is 0 Å². The van der Waals surface area contributed by atoms with Gasteiger partial charge in [-0.25, -0.2) is 9.18 Å². The van der Waals surface area contributed by atoms with E-state index in [1.54, 1.807) is 17.9 Å². The first kappa shape index (κ1) is 18.2. The van der Waals surface area contributed by atoms with E-state index in [0.29, 0.717) is 13.1 Å². The number of piperidine rings is 1. The Kier molecular flexibility index (Phi) is 5.44. The number of nitrogens with zero attached hydrogens (tertiary/aromatic N) is 1. The number of amides is 3. The Bertz CT molecular complexity index is 796. The van der Waals surface area contributed by atoms with E-state index in [0.717, 1.165) is 35.7 Å². The number of halogens is 1. The maximum Gasteiger partial charge on any atom is 0.315 e. The molecule has 0 spiro atoms. The summed E-state index contributed by atoms with van der Waals surface area (Å²) in [5.74, 6) is -0.212. The van der Waals surface area contributed by atoms with Gasteiger partial charge in [-0.1, -0.05) is 6.92 Å². The number of aromatic nitrogens is 1. The van der Waals surface area contributed by atoms with Gasteiger partial charge in [-0.15, -0.1) is 0 Å². The second-order valence-electron chi connectivity index (χ2n) is 6.79. The van der Waals surface area contributed by atoms with Crippen LogP contribution in [0, 0.1) is 5.82 Å². The van der Waals surface area contributed by atoms with Crippen molar-refractivity contribution in [1.82, 2.24) is 20.5 Å². The Hall–Kier alpha value is -2.57. The zero-order chi connectivity index (χ0) is 18.7. The van der Waals surface area contributed by atoms with Crippen LogP contribution in [0.1, 0.15) is 44.7 Å². The van der Waals surface area contributed by atoms with E-state index in [4.69, 9.17) is 0 Å². The van der Waals surface area contributed by atoms with Gasteiger partial charge in [-0.05, 0) is 43.0 Å². The lowest BCUT2D eigenvalue weighted by atomic mass is 10.0. The summed E-state index contributed by atoms with van der Waals surface area (Å²) in [7, 11) is 0. The minimum Gasteiger partial charge on any atom is -0.361 e. The fourth-order valence-electron chi connectivity index (χ4n) is 3.53. The third-order valence-corrected chi connectivity index (χ3v) is 5.04. The van der Waals surface area contributed by atoms with Crippen molar-refractivity contribution in [3.8, 4) is 0 Å². The smallest absolute Gasteiger partial charge is 0.315 e. The third-order valence-electron chi connectivity index (χ3n) is 5.04. The van der Waals surface area contributed by atoms with E-state index in [-0.39, 0.29) is 29.8 Å². The standard InChI is InChI=1S/C19H25FN4O2/c1-3-17(16-11-21-18-10-13(20)4-5-15(16)18)23-19(26)22-14-6-8-24(9-7-14)12(2)25/h4-5,10-11,14,17,21H,3,6-9H2,1-2H3,(H2,22,23,26). The lowest BCUT2D eigenvalue weighted by Crippen LogP contribution is -2.49. The van der Waals surface area contributed by atoms with Crippen molar-refractivity contribution in [3.63, 3.8) is 0 Å². The molecule has 3 rings (SSSR count). The molecule has 3 N–H and O–H groups in total. The molecule has 1 aliphatic rings. The lowest BCUT2D eigenvalue weighted by Gasteiger charge is -2.32. The summed E-state index contributed by atoms with van der Waals surface area (Å²) < 4.78 is 13.4. The molecule has 1 fully saturated rings. The van der Waals surface area contributed by atoms with Gasteiger partial charge in [0.15, 0.2) is 0 Å². The van der Waals surface area contributed by atoms with Crippen molar-refractivity contribution in [1.29, 1.82) is 0 Å². The number of carbonyl (C=O) groups is 2. The quantitative estimate of drug-likeness (QED) is 0.784. The molecule has 7 heteroatoms. The van der Waals surface area contributed by atoms with Crippen molar-refractivity contribution in [3.05, 3.63) is 35.8 Å². The molecular weight excluding hydrogens is 335 g/mol. The Balaban J connectivity index is 1.61. The number of urea groups is 1. The number of hydrogen-bond acceptors (Lipinski definition) is 2. The maximum atomic E-state index is 13.4. The van der Waals surface area contributed by atoms with Gasteiger partial charge in [-0.3, -0.25) is 4.79 Å². The number of carbonyl (C=O) groups excluding carboxylic acids is 2. The van der Waals surface area contributed by atoms with E-state index in [2.05, 4.69) is 15.6 Å². The molecule has 2 heterocycles. The number of benzene rings is 1. The highest BCUT2D eigenvalue weighted by molar-refractivity contribution is 5.84. The molecule has 1 aliphatic heterocycles. The van der Waals surface area contributed by atoms with Crippen molar-refractivity contribution >= 4 is 22.8 Å². The van der Waals surface area contributed by atoms with E-state index in [9.17, 15) is 14.0 Å². The van der Waals surface area contributed by atoms with Crippen LogP contribution in [-0.2, 0) is 4.79 Å². The Morgan fingerprint density at radius 1 is 1.35 bits per heavy atom. The van der Waals surface area contributed by atoms with Crippen LogP contribution in [0.4, 0.5) is 9.18 Å². The molecule has 0 bridgehead atoms. The summed E-state index contributed by atoms with van der Waals surface area (Å²) in [6.07, 6.45) is 4.07. The Morgan fingerprint density at radius 2 is 2.08 bits per heavy atom. The molecular formula is C19H25FN4O2. The van der Waals surface area contributed by atoms with Crippen LogP contribution in [0.15, 0.2) is 24.4 Å². The summed E-state index contributed by atoms with van der Waals surface area (Å²) in [6.45, 7) is 4.91. The maximum absolute atomic E-state index is 13.4. The average molecular weight is 360 g/mol. The van der Waals surface area contributed by atoms with E-state index < -0.39 is 0 Å². The highest BCUT2D eigenvalue weighted by Gasteiger charge is 2.23. The van der Waals surface area contributed by atoms with Gasteiger partial charge in [0, 0.05) is 43.2 Å². The molecule has 1 saturated heterocycles. The minimum atomic E-state index is -0.290. The fraction of sp³-hybridized carbons (Fsp3) is 0.474. The van der Waals surface area contributed by atoms with Crippen LogP contribution in [0.3, 0.4) is 0 Å². The number of H-pyrrole nitrogens is 1. The minimum absolute atomic E-state index is 0.0696. The summed E-state index contributed by atoms with van der Waals surface area (Å²) in [6, 6.07) is 4.31. The van der Waals surface area contributed by atoms with Crippen molar-refractivity contribution in [2.24, 2.45) is 0 Å². The number of likely N-dealkylation sites (tertiary alicyclic amines) is 1. The first-order chi connectivity index (χ1) is 12.5. The molecule has 6 nitrogen and oxygen atoms in total. The monoisotopic (exact) mass is 360 g/mol. The van der Waals surface area contributed by atoms with Crippen molar-refractivity contribution in [2.75, 3.05) is 13.1 Å². The van der Waals surface area contributed by atoms with Crippen LogP contribution in [0.5, 0.6) is 0 Å². The SMILES string of the molecule is CCC(NC(=O)NC1CCN(C(C)=O)CC1)c1c[nH]c2cc(F)ccc12. The van der Waals surface area contributed by atoms with Gasteiger partial charge < -0.3 is 20.5 Å². The number of nitrogens with one attached hydrogen (secondary N) is 3. The van der Waals surface area contributed by atoms with Crippen molar-refractivity contribution < 1.29 is 14.0 Å². The van der Waals surface area contributed by atoms with Crippen LogP contribution in [0.25, 0.3) is 10.9 Å². The normalized spacial score (nSPS) is 16.5. The molecule has 26 heavy (non-hydrogen) atoms. The predicted molar refractivity (Wildman–Crippen MR) is 98.2 cm³/mol. The molecule has 3 amide bonds. The van der Waals surface area contributed by atoms with Gasteiger partial charge in [0.05, 0.1) is 6.04 Å². The fourth-order valence-corrected chi connectivity index (χ4v) is 3.53. The number of rotatable bonds is 4. The summed E-state index contributed by atoms with van der Waals surface area (Å²) in [5.41, 5.74) is 1.67. The molecule has 1 aromatic heterocycles. The second kappa shape index (κ2) is 7.76. The number of fused-ring (bicyclic) bond motifs is 1. The first-order valence-corrected chi connectivity index (χ1v) is 9.07. The van der Waals surface area contributed by atoms with E-state index in [1.165, 1.54) is 12.1 Å². The molecule has 0 radical (unpaired) electrons. The number of aromatic amines is 1. The number of hydrogen-bond donors (Lipinski definition) is 3. The molecule has 1 aromatic carbocycles. The zero-order valence-corrected chi connectivity index (χ0v) is 15.1. The molecule has 140 valence electrons. The second-order valence-corrected chi connectivity index (χ2v) is 6.79. The average Bonchev–Trinajstić information content (AvgIpc) is 3.03. The molecule has 0 aliphatic carbocycles. The summed E-state index contributed by atoms with van der Waals surface area (Å²) >= 11 is 0. The summed E-state index contributed by atoms with van der Waals surface area (Å²) in [4.78, 5) is 28.6. The lowest BCUT2D eigenvalue weighted by molar-refractivity contribution is -0.129. The molecule has 1 atom stereocenters. The van der Waals surface area contributed by atoms with Crippen LogP contribution < -0.4 is 10.6 Å². The predicted octanol–water partition coefficient (Wildman–Crippen LogP) is 3.07. The first-order valence-electron chi connectivity index (χ1n) is 9.07. The summed E-state index contributed by atoms with van der Waals surface area (Å²) in [5, 5.41) is 6.93. The van der Waals surface area contributed by atoms with Gasteiger partial charge in [0.2, 0.25) is 5.91 Å². The van der Waals surface area contributed by atoms with E-state index in [1.807, 2.05) is 13.1 Å². The Morgan fingerprint density at radius 3 is 2.73 bits per heavy atom. The van der Waals surface area contributed by atoms with Crippen LogP contribution >= 0.6 is 0 Å². The molecule has 0 saturated carbocycles.